The fourth-order valence-electron chi connectivity index (χ4n) is 0.928. The summed E-state index contributed by atoms with van der Waals surface area (Å²) in [4.78, 5) is 10.1. The number of methoxy groups -OCH3 is 1. The number of thiol groups is 1. The first-order valence-corrected chi connectivity index (χ1v) is 6.94. The number of rotatable bonds is 4. The topological polar surface area (TPSA) is 46.5 Å². The maximum atomic E-state index is 10.1. The molecule has 1 aromatic carbocycles. The van der Waals surface area contributed by atoms with E-state index in [0.717, 1.165) is 5.75 Å². The largest absolute Gasteiger partial charge is 0.497 e. The van der Waals surface area contributed by atoms with E-state index in [1.165, 1.54) is 17.3 Å². The molecular formula is C12H18O3S2. The molecule has 0 radical (unpaired) electrons. The zero-order valence-electron chi connectivity index (χ0n) is 10.2. The fraction of sp³-hybridized carbons (Fsp3) is 0.417. The molecule has 0 amide bonds. The van der Waals surface area contributed by atoms with Gasteiger partial charge in [-0.1, -0.05) is 17.7 Å². The molecule has 0 heterocycles. The predicted octanol–water partition coefficient (Wildman–Crippen LogP) is 2.74. The van der Waals surface area contributed by atoms with Gasteiger partial charge in [-0.3, -0.25) is 4.79 Å². The number of aliphatic carboxylic acids is 1. The second kappa shape index (κ2) is 9.24. The number of aryl methyl sites for hydroxylation is 1. The number of carbonyl (C=O) groups is 1. The molecule has 3 nitrogen and oxygen atoms in total. The monoisotopic (exact) mass is 274 g/mol. The normalized spacial score (nSPS) is 11.1. The van der Waals surface area contributed by atoms with Crippen LogP contribution in [0.15, 0.2) is 24.3 Å². The minimum Gasteiger partial charge on any atom is -0.497 e. The van der Waals surface area contributed by atoms with Crippen LogP contribution in [0.2, 0.25) is 0 Å². The molecule has 1 aromatic rings. The van der Waals surface area contributed by atoms with E-state index in [1.807, 2.05) is 24.3 Å². The minimum atomic E-state index is -0.785. The first-order valence-electron chi connectivity index (χ1n) is 5.02. The lowest BCUT2D eigenvalue weighted by Crippen LogP contribution is -2.16. The van der Waals surface area contributed by atoms with Gasteiger partial charge in [-0.2, -0.15) is 12.6 Å². The van der Waals surface area contributed by atoms with E-state index in [1.54, 1.807) is 13.4 Å². The Kier molecular flexibility index (Phi) is 8.80. The van der Waals surface area contributed by atoms with E-state index in [4.69, 9.17) is 9.84 Å². The van der Waals surface area contributed by atoms with Crippen LogP contribution in [-0.2, 0) is 4.79 Å². The molecule has 1 atom stereocenters. The Morgan fingerprint density at radius 1 is 1.47 bits per heavy atom. The van der Waals surface area contributed by atoms with Crippen molar-refractivity contribution in [2.24, 2.45) is 0 Å². The van der Waals surface area contributed by atoms with Gasteiger partial charge in [0.05, 0.1) is 7.11 Å². The van der Waals surface area contributed by atoms with Gasteiger partial charge in [0.2, 0.25) is 0 Å². The molecule has 1 N–H and O–H groups in total. The van der Waals surface area contributed by atoms with Crippen LogP contribution in [0.4, 0.5) is 0 Å². The summed E-state index contributed by atoms with van der Waals surface area (Å²) in [7, 11) is 1.67. The van der Waals surface area contributed by atoms with Crippen molar-refractivity contribution in [3.8, 4) is 5.75 Å². The molecule has 0 fully saturated rings. The number of benzene rings is 1. The third kappa shape index (κ3) is 7.18. The van der Waals surface area contributed by atoms with E-state index in [2.05, 4.69) is 19.6 Å². The van der Waals surface area contributed by atoms with Crippen LogP contribution in [0.5, 0.6) is 5.75 Å². The number of ether oxygens (including phenoxy) is 1. The maximum absolute atomic E-state index is 10.1. The van der Waals surface area contributed by atoms with Gasteiger partial charge in [0.15, 0.2) is 0 Å². The zero-order chi connectivity index (χ0) is 13.3. The number of thioether (sulfide) groups is 1. The lowest BCUT2D eigenvalue weighted by molar-refractivity contribution is -0.135. The molecular weight excluding hydrogens is 256 g/mol. The summed E-state index contributed by atoms with van der Waals surface area (Å²) in [5.41, 5.74) is 1.26. The van der Waals surface area contributed by atoms with Crippen molar-refractivity contribution in [1.29, 1.82) is 0 Å². The molecule has 0 aromatic heterocycles. The van der Waals surface area contributed by atoms with Gasteiger partial charge in [0.25, 0.3) is 0 Å². The van der Waals surface area contributed by atoms with E-state index in [0.29, 0.717) is 5.75 Å². The lowest BCUT2D eigenvalue weighted by Gasteiger charge is -2.01. The number of hydrogen-bond donors (Lipinski definition) is 2. The minimum absolute atomic E-state index is 0.349. The Morgan fingerprint density at radius 2 is 2.00 bits per heavy atom. The summed E-state index contributed by atoms with van der Waals surface area (Å²) in [5.74, 6) is 0.532. The highest BCUT2D eigenvalue weighted by molar-refractivity contribution is 8.00. The van der Waals surface area contributed by atoms with Gasteiger partial charge in [-0.05, 0) is 25.3 Å². The highest BCUT2D eigenvalue weighted by Gasteiger charge is 2.11. The van der Waals surface area contributed by atoms with Crippen LogP contribution >= 0.6 is 24.4 Å². The Labute approximate surface area is 112 Å². The van der Waals surface area contributed by atoms with Gasteiger partial charge < -0.3 is 9.84 Å². The molecule has 17 heavy (non-hydrogen) atoms. The van der Waals surface area contributed by atoms with Crippen molar-refractivity contribution >= 4 is 30.4 Å². The Balaban J connectivity index is 0.000000304. The van der Waals surface area contributed by atoms with Crippen LogP contribution in [0.1, 0.15) is 5.56 Å². The Hall–Kier alpha value is -0.810. The Bertz CT molecular complexity index is 321. The second-order valence-corrected chi connectivity index (χ2v) is 4.67. The third-order valence-electron chi connectivity index (χ3n) is 1.98. The SMILES string of the molecule is COc1ccc(C)cc1.CSC(CS)C(=O)O. The summed E-state index contributed by atoms with van der Waals surface area (Å²) in [6.07, 6.45) is 1.76. The van der Waals surface area contributed by atoms with Crippen molar-refractivity contribution in [3.63, 3.8) is 0 Å². The van der Waals surface area contributed by atoms with E-state index in [9.17, 15) is 4.79 Å². The average molecular weight is 274 g/mol. The van der Waals surface area contributed by atoms with Crippen molar-refractivity contribution in [2.45, 2.75) is 12.2 Å². The van der Waals surface area contributed by atoms with Gasteiger partial charge >= 0.3 is 5.97 Å². The molecule has 0 aliphatic carbocycles. The molecule has 0 aliphatic rings. The molecule has 1 unspecified atom stereocenters. The van der Waals surface area contributed by atoms with E-state index >= 15 is 0 Å². The molecule has 0 saturated heterocycles. The summed E-state index contributed by atoms with van der Waals surface area (Å²) < 4.78 is 4.97. The maximum Gasteiger partial charge on any atom is 0.317 e. The van der Waals surface area contributed by atoms with Crippen LogP contribution in [0, 0.1) is 6.92 Å². The van der Waals surface area contributed by atoms with Crippen molar-refractivity contribution in [3.05, 3.63) is 29.8 Å². The molecule has 5 heteroatoms. The highest BCUT2D eigenvalue weighted by Crippen LogP contribution is 2.09. The lowest BCUT2D eigenvalue weighted by atomic mass is 10.2. The smallest absolute Gasteiger partial charge is 0.317 e. The Morgan fingerprint density at radius 3 is 2.24 bits per heavy atom. The fourth-order valence-corrected chi connectivity index (χ4v) is 1.88. The second-order valence-electron chi connectivity index (χ2n) is 3.26. The standard InChI is InChI=1S/C8H10O.C4H8O2S2/c1-7-3-5-8(9-2)6-4-7;1-8-3(2-7)4(5)6/h3-6H,1-2H3;3,7H,2H2,1H3,(H,5,6). The molecule has 1 rings (SSSR count). The number of hydrogen-bond acceptors (Lipinski definition) is 4. The molecule has 0 aliphatic heterocycles. The summed E-state index contributed by atoms with van der Waals surface area (Å²) in [5, 5.41) is 7.95. The summed E-state index contributed by atoms with van der Waals surface area (Å²) in [6.45, 7) is 2.06. The summed E-state index contributed by atoms with van der Waals surface area (Å²) >= 11 is 5.14. The van der Waals surface area contributed by atoms with Crippen LogP contribution in [0.25, 0.3) is 0 Å². The van der Waals surface area contributed by atoms with Gasteiger partial charge in [-0.25, -0.2) is 0 Å². The van der Waals surface area contributed by atoms with Gasteiger partial charge in [0, 0.05) is 5.75 Å². The number of carboxylic acid groups (broad SMARTS) is 1. The van der Waals surface area contributed by atoms with Gasteiger partial charge in [0.1, 0.15) is 11.0 Å². The average Bonchev–Trinajstić information content (AvgIpc) is 2.32. The highest BCUT2D eigenvalue weighted by atomic mass is 32.2. The quantitative estimate of drug-likeness (QED) is 0.829. The predicted molar refractivity (Wildman–Crippen MR) is 76.5 cm³/mol. The first-order chi connectivity index (χ1) is 8.04. The number of carboxylic acids is 1. The molecule has 96 valence electrons. The zero-order valence-corrected chi connectivity index (χ0v) is 11.9. The molecule has 0 spiro atoms. The van der Waals surface area contributed by atoms with Gasteiger partial charge in [-0.15, -0.1) is 11.8 Å². The molecule has 0 saturated carbocycles. The van der Waals surface area contributed by atoms with E-state index in [-0.39, 0.29) is 5.25 Å². The van der Waals surface area contributed by atoms with Crippen LogP contribution in [-0.4, -0.2) is 35.4 Å². The van der Waals surface area contributed by atoms with Crippen molar-refractivity contribution in [1.82, 2.24) is 0 Å². The third-order valence-corrected chi connectivity index (χ3v) is 3.53. The van der Waals surface area contributed by atoms with Crippen molar-refractivity contribution < 1.29 is 14.6 Å². The van der Waals surface area contributed by atoms with E-state index < -0.39 is 5.97 Å². The van der Waals surface area contributed by atoms with Crippen molar-refractivity contribution in [2.75, 3.05) is 19.1 Å². The van der Waals surface area contributed by atoms with Crippen LogP contribution < -0.4 is 4.74 Å². The van der Waals surface area contributed by atoms with Crippen LogP contribution in [0.3, 0.4) is 0 Å². The molecule has 0 bridgehead atoms. The summed E-state index contributed by atoms with van der Waals surface area (Å²) in [6, 6.07) is 7.96. The first kappa shape index (κ1) is 16.2.